The van der Waals surface area contributed by atoms with Crippen molar-refractivity contribution in [2.45, 2.75) is 24.9 Å². The van der Waals surface area contributed by atoms with Gasteiger partial charge in [0.2, 0.25) is 5.72 Å². The molecule has 3 rings (SSSR count). The van der Waals surface area contributed by atoms with Crippen LogP contribution in [0.15, 0.2) is 42.5 Å². The number of hydrogen-bond acceptors (Lipinski definition) is 5. The summed E-state index contributed by atoms with van der Waals surface area (Å²) in [5, 5.41) is 14.4. The van der Waals surface area contributed by atoms with E-state index in [0.29, 0.717) is 5.75 Å². The average molecular weight is 438 g/mol. The lowest BCUT2D eigenvalue weighted by Crippen LogP contribution is -2.72. The largest absolute Gasteiger partial charge is 0.493 e. The van der Waals surface area contributed by atoms with Crippen LogP contribution in [-0.4, -0.2) is 43.0 Å². The van der Waals surface area contributed by atoms with E-state index in [0.717, 1.165) is 5.56 Å². The van der Waals surface area contributed by atoms with Gasteiger partial charge >= 0.3 is 12.2 Å². The smallest absolute Gasteiger partial charge is 0.437 e. The minimum Gasteiger partial charge on any atom is -0.493 e. The van der Waals surface area contributed by atoms with Crippen molar-refractivity contribution in [3.63, 3.8) is 0 Å². The molecule has 0 saturated carbocycles. The molecule has 0 aliphatic carbocycles. The summed E-state index contributed by atoms with van der Waals surface area (Å²) in [4.78, 5) is 25.3. The molecule has 1 saturated heterocycles. The molecular formula is C21H21F3N2O5. The average Bonchev–Trinajstić information content (AvgIpc) is 2.72. The second-order valence-corrected chi connectivity index (χ2v) is 7.16. The quantitative estimate of drug-likeness (QED) is 0.624. The predicted octanol–water partition coefficient (Wildman–Crippen LogP) is 3.12. The molecule has 166 valence electrons. The van der Waals surface area contributed by atoms with Gasteiger partial charge in [-0.25, -0.2) is 4.79 Å². The molecule has 2 aromatic rings. The number of Topliss-reactive ketones (excluding diaryl/α,β-unsaturated/α-hetero) is 1. The Hall–Kier alpha value is -3.27. The van der Waals surface area contributed by atoms with Gasteiger partial charge in [-0.05, 0) is 24.6 Å². The zero-order valence-electron chi connectivity index (χ0n) is 16.9. The molecule has 0 spiro atoms. The van der Waals surface area contributed by atoms with Gasteiger partial charge in [0.1, 0.15) is 5.92 Å². The Morgan fingerprint density at radius 2 is 1.68 bits per heavy atom. The van der Waals surface area contributed by atoms with Crippen molar-refractivity contribution in [3.8, 4) is 11.5 Å². The van der Waals surface area contributed by atoms with Gasteiger partial charge in [0.05, 0.1) is 20.3 Å². The summed E-state index contributed by atoms with van der Waals surface area (Å²) in [6.45, 7) is 1.76. The molecular weight excluding hydrogens is 417 g/mol. The molecule has 0 radical (unpaired) electrons. The van der Waals surface area contributed by atoms with Gasteiger partial charge < -0.3 is 25.2 Å². The van der Waals surface area contributed by atoms with Gasteiger partial charge in [0.25, 0.3) is 0 Å². The summed E-state index contributed by atoms with van der Waals surface area (Å²) in [7, 11) is 2.72. The number of benzene rings is 2. The van der Waals surface area contributed by atoms with Gasteiger partial charge in [-0.15, -0.1) is 0 Å². The molecule has 2 aromatic carbocycles. The van der Waals surface area contributed by atoms with Crippen LogP contribution in [0.5, 0.6) is 11.5 Å². The van der Waals surface area contributed by atoms with Gasteiger partial charge in [0.15, 0.2) is 17.3 Å². The molecule has 0 bridgehead atoms. The summed E-state index contributed by atoms with van der Waals surface area (Å²) >= 11 is 0. The predicted molar refractivity (Wildman–Crippen MR) is 104 cm³/mol. The number of halogens is 3. The Kier molecular flexibility index (Phi) is 5.86. The molecule has 2 amide bonds. The summed E-state index contributed by atoms with van der Waals surface area (Å²) in [5.41, 5.74) is -2.91. The number of aliphatic hydroxyl groups is 1. The highest BCUT2D eigenvalue weighted by atomic mass is 19.4. The minimum absolute atomic E-state index is 0.0401. The molecule has 3 N–H and O–H groups in total. The van der Waals surface area contributed by atoms with E-state index < -0.39 is 35.7 Å². The third-order valence-corrected chi connectivity index (χ3v) is 5.19. The van der Waals surface area contributed by atoms with Crippen molar-refractivity contribution < 1.29 is 37.3 Å². The van der Waals surface area contributed by atoms with Crippen molar-refractivity contribution in [2.24, 2.45) is 5.92 Å². The number of hydrogen-bond donors (Lipinski definition) is 3. The molecule has 7 nitrogen and oxygen atoms in total. The van der Waals surface area contributed by atoms with Crippen LogP contribution in [0.25, 0.3) is 0 Å². The number of ketones is 1. The topological polar surface area (TPSA) is 96.9 Å². The van der Waals surface area contributed by atoms with E-state index in [1.54, 1.807) is 19.1 Å². The number of nitrogens with one attached hydrogen (secondary N) is 2. The molecule has 1 fully saturated rings. The summed E-state index contributed by atoms with van der Waals surface area (Å²) < 4.78 is 52.2. The number of ether oxygens (including phenoxy) is 2. The molecule has 0 unspecified atom stereocenters. The van der Waals surface area contributed by atoms with E-state index in [4.69, 9.17) is 9.47 Å². The fourth-order valence-corrected chi connectivity index (χ4v) is 3.56. The summed E-state index contributed by atoms with van der Waals surface area (Å²) in [5.74, 6) is -2.62. The van der Waals surface area contributed by atoms with Crippen molar-refractivity contribution in [3.05, 3.63) is 59.2 Å². The van der Waals surface area contributed by atoms with E-state index in [1.165, 1.54) is 49.9 Å². The number of aryl methyl sites for hydroxylation is 1. The lowest BCUT2D eigenvalue weighted by molar-refractivity contribution is -0.287. The first kappa shape index (κ1) is 22.4. The van der Waals surface area contributed by atoms with Crippen LogP contribution in [0.4, 0.5) is 18.0 Å². The van der Waals surface area contributed by atoms with Crippen molar-refractivity contribution in [2.75, 3.05) is 14.2 Å². The zero-order valence-corrected chi connectivity index (χ0v) is 16.9. The summed E-state index contributed by atoms with van der Waals surface area (Å²) in [6.07, 6.45) is -5.33. The fraction of sp³-hybridized carbons (Fsp3) is 0.333. The first-order valence-electron chi connectivity index (χ1n) is 9.22. The van der Waals surface area contributed by atoms with Crippen LogP contribution < -0.4 is 20.1 Å². The van der Waals surface area contributed by atoms with Crippen molar-refractivity contribution in [1.82, 2.24) is 10.6 Å². The highest BCUT2D eigenvalue weighted by Crippen LogP contribution is 2.45. The maximum absolute atomic E-state index is 14.0. The zero-order chi connectivity index (χ0) is 23.0. The monoisotopic (exact) mass is 438 g/mol. The van der Waals surface area contributed by atoms with Gasteiger partial charge in [-0.1, -0.05) is 35.9 Å². The van der Waals surface area contributed by atoms with Crippen LogP contribution in [0.1, 0.15) is 27.5 Å². The number of rotatable bonds is 5. The van der Waals surface area contributed by atoms with Gasteiger partial charge in [0, 0.05) is 5.56 Å². The Bertz CT molecular complexity index is 993. The third-order valence-electron chi connectivity index (χ3n) is 5.19. The Morgan fingerprint density at radius 1 is 1.06 bits per heavy atom. The van der Waals surface area contributed by atoms with E-state index in [1.807, 2.05) is 0 Å². The number of carbonyl (C=O) groups is 2. The van der Waals surface area contributed by atoms with Crippen LogP contribution in [0, 0.1) is 12.8 Å². The standard InChI is InChI=1S/C21H21F3N2O5/c1-11-4-6-12(7-5-11)18(27)16-17(13-8-9-14(30-2)15(10-13)31-3)25-19(28)26-20(16,29)21(22,23)24/h4-10,16-17,29H,1-3H3,(H2,25,26,28)/t16-,17+,20-/m1/s1. The first-order chi connectivity index (χ1) is 14.5. The third kappa shape index (κ3) is 4.02. The molecule has 1 aliphatic heterocycles. The van der Waals surface area contributed by atoms with Gasteiger partial charge in [-0.2, -0.15) is 13.2 Å². The number of carbonyl (C=O) groups excluding carboxylic acids is 2. The van der Waals surface area contributed by atoms with E-state index in [9.17, 15) is 27.9 Å². The van der Waals surface area contributed by atoms with E-state index in [-0.39, 0.29) is 16.9 Å². The van der Waals surface area contributed by atoms with Crippen LogP contribution in [0.2, 0.25) is 0 Å². The van der Waals surface area contributed by atoms with Crippen LogP contribution in [0.3, 0.4) is 0 Å². The Balaban J connectivity index is 2.18. The first-order valence-corrected chi connectivity index (χ1v) is 9.22. The lowest BCUT2D eigenvalue weighted by Gasteiger charge is -2.45. The summed E-state index contributed by atoms with van der Waals surface area (Å²) in [6, 6.07) is 7.28. The number of amides is 2. The molecule has 1 aliphatic rings. The molecule has 10 heteroatoms. The number of alkyl halides is 3. The van der Waals surface area contributed by atoms with Crippen LogP contribution in [-0.2, 0) is 0 Å². The Morgan fingerprint density at radius 3 is 2.23 bits per heavy atom. The highest BCUT2D eigenvalue weighted by Gasteiger charge is 2.66. The highest BCUT2D eigenvalue weighted by molar-refractivity contribution is 6.00. The SMILES string of the molecule is COc1ccc([C@@H]2NC(=O)N[C@](O)(C(F)(F)F)[C@H]2C(=O)c2ccc(C)cc2)cc1OC. The van der Waals surface area contributed by atoms with E-state index in [2.05, 4.69) is 5.32 Å². The second kappa shape index (κ2) is 8.10. The molecule has 0 aromatic heterocycles. The normalized spacial score (nSPS) is 23.5. The lowest BCUT2D eigenvalue weighted by atomic mass is 9.77. The number of urea groups is 1. The molecule has 1 heterocycles. The van der Waals surface area contributed by atoms with Crippen LogP contribution >= 0.6 is 0 Å². The van der Waals surface area contributed by atoms with Crippen molar-refractivity contribution >= 4 is 11.8 Å². The second-order valence-electron chi connectivity index (χ2n) is 7.16. The van der Waals surface area contributed by atoms with Gasteiger partial charge in [-0.3, -0.25) is 4.79 Å². The minimum atomic E-state index is -5.33. The Labute approximate surface area is 176 Å². The fourth-order valence-electron chi connectivity index (χ4n) is 3.56. The molecule has 3 atom stereocenters. The van der Waals surface area contributed by atoms with Crippen molar-refractivity contribution in [1.29, 1.82) is 0 Å². The number of methoxy groups -OCH3 is 2. The van der Waals surface area contributed by atoms with E-state index >= 15 is 0 Å². The molecule has 31 heavy (non-hydrogen) atoms. The maximum Gasteiger partial charge on any atom is 0.437 e. The maximum atomic E-state index is 14.0.